The summed E-state index contributed by atoms with van der Waals surface area (Å²) in [5, 5.41) is 6.07. The van der Waals surface area contributed by atoms with Gasteiger partial charge in [0, 0.05) is 5.69 Å². The van der Waals surface area contributed by atoms with Gasteiger partial charge in [-0.3, -0.25) is 9.59 Å². The Balaban J connectivity index is 1.51. The van der Waals surface area contributed by atoms with Crippen LogP contribution < -0.4 is 15.5 Å². The molecule has 0 aliphatic carbocycles. The second kappa shape index (κ2) is 9.92. The molecule has 3 aromatic carbocycles. The van der Waals surface area contributed by atoms with Crippen molar-refractivity contribution < 1.29 is 23.1 Å². The molecular weight excluding hydrogens is 392 g/mol. The maximum absolute atomic E-state index is 12.9. The Morgan fingerprint density at radius 3 is 2.27 bits per heavy atom. The number of rotatable bonds is 6. The van der Waals surface area contributed by atoms with E-state index in [4.69, 9.17) is 4.74 Å². The number of ether oxygens (including phenoxy) is 1. The average Bonchev–Trinajstić information content (AvgIpc) is 2.75. The molecule has 0 fully saturated rings. The van der Waals surface area contributed by atoms with Gasteiger partial charge in [-0.1, -0.05) is 24.3 Å². The topological polar surface area (TPSA) is 79.8 Å². The van der Waals surface area contributed by atoms with Crippen molar-refractivity contribution in [2.75, 3.05) is 5.32 Å². The quantitative estimate of drug-likeness (QED) is 0.371. The molecule has 0 saturated carbocycles. The summed E-state index contributed by atoms with van der Waals surface area (Å²) >= 11 is 0. The molecule has 0 aliphatic heterocycles. The summed E-state index contributed by atoms with van der Waals surface area (Å²) in [6.07, 6.45) is 1.35. The number of carbonyl (C=O) groups excluding carboxylic acids is 2. The van der Waals surface area contributed by atoms with Gasteiger partial charge in [-0.05, 0) is 59.7 Å². The molecule has 30 heavy (non-hydrogen) atoms. The molecule has 152 valence electrons. The van der Waals surface area contributed by atoms with Crippen LogP contribution in [0.5, 0.6) is 5.75 Å². The van der Waals surface area contributed by atoms with Crippen LogP contribution in [0, 0.1) is 11.6 Å². The largest absolute Gasteiger partial charge is 0.489 e. The molecule has 0 aliphatic rings. The van der Waals surface area contributed by atoms with Crippen LogP contribution >= 0.6 is 0 Å². The van der Waals surface area contributed by atoms with E-state index >= 15 is 0 Å². The van der Waals surface area contributed by atoms with Crippen LogP contribution in [0.4, 0.5) is 14.5 Å². The number of anilines is 1. The van der Waals surface area contributed by atoms with Gasteiger partial charge in [-0.15, -0.1) is 0 Å². The Bertz CT molecular complexity index is 1050. The summed E-state index contributed by atoms with van der Waals surface area (Å²) in [5.41, 5.74) is 3.84. The van der Waals surface area contributed by atoms with Crippen molar-refractivity contribution in [1.29, 1.82) is 0 Å². The number of carbonyl (C=O) groups is 2. The lowest BCUT2D eigenvalue weighted by atomic mass is 10.2. The van der Waals surface area contributed by atoms with Gasteiger partial charge in [0.2, 0.25) is 0 Å². The van der Waals surface area contributed by atoms with Gasteiger partial charge in [0.15, 0.2) is 0 Å². The molecule has 2 amide bonds. The second-order valence-electron chi connectivity index (χ2n) is 6.15. The highest BCUT2D eigenvalue weighted by Crippen LogP contribution is 2.14. The minimum absolute atomic E-state index is 0.265. The standard InChI is InChI=1S/C22H17F2N3O3/c23-17-6-4-15(5-7-17)14-30-20-3-1-2-16(12-20)13-25-27-22(29)21(28)26-19-10-8-18(24)9-11-19/h1-13H,14H2,(H,26,28)(H,27,29)/b25-13-. The summed E-state index contributed by atoms with van der Waals surface area (Å²) in [6, 6.07) is 17.9. The van der Waals surface area contributed by atoms with Crippen molar-refractivity contribution >= 4 is 23.7 Å². The van der Waals surface area contributed by atoms with E-state index < -0.39 is 17.6 Å². The van der Waals surface area contributed by atoms with E-state index in [9.17, 15) is 18.4 Å². The normalized spacial score (nSPS) is 10.6. The third kappa shape index (κ3) is 6.23. The van der Waals surface area contributed by atoms with Gasteiger partial charge in [-0.2, -0.15) is 5.10 Å². The first-order chi connectivity index (χ1) is 14.5. The lowest BCUT2D eigenvalue weighted by Gasteiger charge is -2.07. The number of amides is 2. The van der Waals surface area contributed by atoms with Crippen LogP contribution in [0.3, 0.4) is 0 Å². The molecule has 0 heterocycles. The van der Waals surface area contributed by atoms with Crippen molar-refractivity contribution in [3.8, 4) is 5.75 Å². The fraction of sp³-hybridized carbons (Fsp3) is 0.0455. The number of hydrogen-bond donors (Lipinski definition) is 2. The SMILES string of the molecule is O=C(N/N=C\c1cccc(OCc2ccc(F)cc2)c1)C(=O)Nc1ccc(F)cc1. The molecule has 6 nitrogen and oxygen atoms in total. The van der Waals surface area contributed by atoms with E-state index in [0.717, 1.165) is 17.7 Å². The highest BCUT2D eigenvalue weighted by atomic mass is 19.1. The van der Waals surface area contributed by atoms with Gasteiger partial charge in [0.1, 0.15) is 24.0 Å². The highest BCUT2D eigenvalue weighted by Gasteiger charge is 2.12. The van der Waals surface area contributed by atoms with Gasteiger partial charge in [0.25, 0.3) is 0 Å². The zero-order valence-corrected chi connectivity index (χ0v) is 15.6. The molecule has 0 bridgehead atoms. The minimum atomic E-state index is -0.973. The Kier molecular flexibility index (Phi) is 6.83. The molecule has 0 spiro atoms. The van der Waals surface area contributed by atoms with E-state index in [1.807, 2.05) is 0 Å². The summed E-state index contributed by atoms with van der Waals surface area (Å²) in [7, 11) is 0. The molecule has 0 unspecified atom stereocenters. The number of nitrogens with one attached hydrogen (secondary N) is 2. The van der Waals surface area contributed by atoms with Crippen molar-refractivity contribution in [2.45, 2.75) is 6.61 Å². The Hall–Kier alpha value is -4.07. The first-order valence-corrected chi connectivity index (χ1v) is 8.87. The number of hydrogen-bond acceptors (Lipinski definition) is 4. The van der Waals surface area contributed by atoms with Crippen LogP contribution in [0.1, 0.15) is 11.1 Å². The van der Waals surface area contributed by atoms with Gasteiger partial charge < -0.3 is 10.1 Å². The summed E-state index contributed by atoms with van der Waals surface area (Å²) in [6.45, 7) is 0.265. The number of hydrazone groups is 1. The number of benzene rings is 3. The molecule has 2 N–H and O–H groups in total. The number of nitrogens with zero attached hydrogens (tertiary/aromatic N) is 1. The summed E-state index contributed by atoms with van der Waals surface area (Å²) in [4.78, 5) is 23.6. The van der Waals surface area contributed by atoms with Gasteiger partial charge in [-0.25, -0.2) is 14.2 Å². The first-order valence-electron chi connectivity index (χ1n) is 8.87. The van der Waals surface area contributed by atoms with E-state index in [0.29, 0.717) is 11.3 Å². The van der Waals surface area contributed by atoms with Crippen LogP contribution in [0.25, 0.3) is 0 Å². The predicted molar refractivity (Wildman–Crippen MR) is 108 cm³/mol. The summed E-state index contributed by atoms with van der Waals surface area (Å²) in [5.74, 6) is -2.12. The van der Waals surface area contributed by atoms with E-state index in [-0.39, 0.29) is 18.1 Å². The van der Waals surface area contributed by atoms with E-state index in [1.165, 1.54) is 30.5 Å². The molecule has 0 radical (unpaired) electrons. The molecule has 3 rings (SSSR count). The predicted octanol–water partition coefficient (Wildman–Crippen LogP) is 3.63. The molecule has 0 saturated heterocycles. The zero-order chi connectivity index (χ0) is 21.3. The Morgan fingerprint density at radius 2 is 1.57 bits per heavy atom. The second-order valence-corrected chi connectivity index (χ2v) is 6.15. The van der Waals surface area contributed by atoms with Crippen LogP contribution in [-0.4, -0.2) is 18.0 Å². The summed E-state index contributed by atoms with van der Waals surface area (Å²) < 4.78 is 31.4. The van der Waals surface area contributed by atoms with E-state index in [2.05, 4.69) is 15.8 Å². The molecule has 0 atom stereocenters. The van der Waals surface area contributed by atoms with Crippen molar-refractivity contribution in [2.24, 2.45) is 5.10 Å². The lowest BCUT2D eigenvalue weighted by molar-refractivity contribution is -0.136. The maximum atomic E-state index is 12.9. The average molecular weight is 409 g/mol. The first kappa shape index (κ1) is 20.7. The van der Waals surface area contributed by atoms with Crippen molar-refractivity contribution in [1.82, 2.24) is 5.43 Å². The Labute approximate surface area is 171 Å². The molecule has 3 aromatic rings. The lowest BCUT2D eigenvalue weighted by Crippen LogP contribution is -2.32. The molecular formula is C22H17F2N3O3. The third-order valence-electron chi connectivity index (χ3n) is 3.86. The fourth-order valence-electron chi connectivity index (χ4n) is 2.37. The smallest absolute Gasteiger partial charge is 0.329 e. The van der Waals surface area contributed by atoms with Crippen LogP contribution in [0.2, 0.25) is 0 Å². The minimum Gasteiger partial charge on any atom is -0.489 e. The third-order valence-corrected chi connectivity index (χ3v) is 3.86. The molecule has 0 aromatic heterocycles. The van der Waals surface area contributed by atoms with Gasteiger partial charge in [0.05, 0.1) is 6.21 Å². The van der Waals surface area contributed by atoms with Crippen molar-refractivity contribution in [3.63, 3.8) is 0 Å². The van der Waals surface area contributed by atoms with Crippen LogP contribution in [0.15, 0.2) is 77.9 Å². The maximum Gasteiger partial charge on any atom is 0.329 e. The van der Waals surface area contributed by atoms with E-state index in [1.54, 1.807) is 36.4 Å². The fourth-order valence-corrected chi connectivity index (χ4v) is 2.37. The zero-order valence-electron chi connectivity index (χ0n) is 15.6. The number of halogens is 2. The van der Waals surface area contributed by atoms with Crippen LogP contribution in [-0.2, 0) is 16.2 Å². The molecule has 8 heteroatoms. The monoisotopic (exact) mass is 409 g/mol. The van der Waals surface area contributed by atoms with Gasteiger partial charge >= 0.3 is 11.8 Å². The van der Waals surface area contributed by atoms with Crippen molar-refractivity contribution in [3.05, 3.63) is 95.6 Å². The Morgan fingerprint density at radius 1 is 0.900 bits per heavy atom. The highest BCUT2D eigenvalue weighted by molar-refractivity contribution is 6.39.